The summed E-state index contributed by atoms with van der Waals surface area (Å²) in [5.74, 6) is 0.474. The van der Waals surface area contributed by atoms with Gasteiger partial charge in [0, 0.05) is 7.05 Å². The van der Waals surface area contributed by atoms with Gasteiger partial charge in [-0.15, -0.1) is 24.8 Å². The van der Waals surface area contributed by atoms with E-state index in [0.29, 0.717) is 11.0 Å². The van der Waals surface area contributed by atoms with Gasteiger partial charge in [0.1, 0.15) is 11.0 Å². The summed E-state index contributed by atoms with van der Waals surface area (Å²) in [6.45, 7) is 0. The third-order valence-corrected chi connectivity index (χ3v) is 2.36. The number of nitrogens with two attached hydrogens (primary N) is 1. The number of halogens is 3. The van der Waals surface area contributed by atoms with Crippen molar-refractivity contribution in [2.45, 2.75) is 0 Å². The van der Waals surface area contributed by atoms with Crippen LogP contribution in [0.15, 0.2) is 24.4 Å². The topological polar surface area (TPSA) is 56.7 Å². The molecule has 2 aromatic rings. The van der Waals surface area contributed by atoms with E-state index in [1.165, 1.54) is 0 Å². The molecular weight excluding hydrogens is 270 g/mol. The second-order valence-electron chi connectivity index (χ2n) is 2.92. The minimum atomic E-state index is 0. The Hall–Kier alpha value is -0.970. The molecule has 0 aliphatic heterocycles. The maximum atomic E-state index is 6.02. The van der Waals surface area contributed by atoms with Crippen LogP contribution in [0, 0.1) is 0 Å². The van der Waals surface area contributed by atoms with E-state index in [0.717, 1.165) is 11.3 Å². The van der Waals surface area contributed by atoms with Crippen LogP contribution in [-0.4, -0.2) is 14.8 Å². The maximum Gasteiger partial charge on any atom is 0.136 e. The van der Waals surface area contributed by atoms with E-state index in [4.69, 9.17) is 17.3 Å². The number of hydrogen-bond acceptors (Lipinski definition) is 3. The van der Waals surface area contributed by atoms with Gasteiger partial charge in [-0.25, -0.2) is 4.98 Å². The minimum absolute atomic E-state index is 0. The maximum absolute atomic E-state index is 6.02. The smallest absolute Gasteiger partial charge is 0.136 e. The van der Waals surface area contributed by atoms with Gasteiger partial charge in [-0.3, -0.25) is 4.68 Å². The van der Waals surface area contributed by atoms with Crippen molar-refractivity contribution in [3.05, 3.63) is 29.5 Å². The lowest BCUT2D eigenvalue weighted by molar-refractivity contribution is 0.769. The van der Waals surface area contributed by atoms with Gasteiger partial charge in [-0.05, 0) is 12.1 Å². The number of anilines is 1. The summed E-state index contributed by atoms with van der Waals surface area (Å²) in [5.41, 5.74) is 7.10. The fraction of sp³-hybridized carbons (Fsp3) is 0.111. The zero-order valence-electron chi connectivity index (χ0n) is 8.42. The summed E-state index contributed by atoms with van der Waals surface area (Å²) in [6.07, 6.45) is 1.67. The Kier molecular flexibility index (Phi) is 5.58. The molecule has 0 radical (unpaired) electrons. The number of rotatable bonds is 1. The Morgan fingerprint density at radius 3 is 2.50 bits per heavy atom. The van der Waals surface area contributed by atoms with Gasteiger partial charge < -0.3 is 5.73 Å². The van der Waals surface area contributed by atoms with Gasteiger partial charge in [0.25, 0.3) is 0 Å². The third-order valence-electron chi connectivity index (χ3n) is 1.91. The van der Waals surface area contributed by atoms with Crippen LogP contribution in [-0.2, 0) is 7.05 Å². The predicted octanol–water partition coefficient (Wildman–Crippen LogP) is 2.56. The molecule has 4 nitrogen and oxygen atoms in total. The molecule has 0 unspecified atom stereocenters. The lowest BCUT2D eigenvalue weighted by Crippen LogP contribution is -1.92. The Morgan fingerprint density at radius 2 is 2.00 bits per heavy atom. The molecule has 0 amide bonds. The number of pyridine rings is 1. The Labute approximate surface area is 111 Å². The molecular formula is C9H11Cl3N4. The van der Waals surface area contributed by atoms with Crippen molar-refractivity contribution in [2.75, 3.05) is 5.73 Å². The molecule has 0 aliphatic rings. The molecule has 0 fully saturated rings. The van der Waals surface area contributed by atoms with Crippen LogP contribution in [0.5, 0.6) is 0 Å². The van der Waals surface area contributed by atoms with Crippen molar-refractivity contribution >= 4 is 42.2 Å². The Balaban J connectivity index is 0.00000112. The van der Waals surface area contributed by atoms with Crippen LogP contribution in [0.2, 0.25) is 5.15 Å². The Bertz CT molecular complexity index is 470. The molecule has 2 N–H and O–H groups in total. The van der Waals surface area contributed by atoms with Gasteiger partial charge in [0.15, 0.2) is 0 Å². The van der Waals surface area contributed by atoms with E-state index in [-0.39, 0.29) is 24.8 Å². The molecule has 0 atom stereocenters. The first kappa shape index (κ1) is 15.0. The Morgan fingerprint density at radius 1 is 1.31 bits per heavy atom. The fourth-order valence-electron chi connectivity index (χ4n) is 1.20. The van der Waals surface area contributed by atoms with Crippen LogP contribution in [0.4, 0.5) is 5.82 Å². The quantitative estimate of drug-likeness (QED) is 0.874. The summed E-state index contributed by atoms with van der Waals surface area (Å²) < 4.78 is 1.59. The largest absolute Gasteiger partial charge is 0.384 e. The molecule has 0 aliphatic carbocycles. The van der Waals surface area contributed by atoms with Crippen molar-refractivity contribution in [3.8, 4) is 11.3 Å². The number of aryl methyl sites for hydroxylation is 1. The van der Waals surface area contributed by atoms with E-state index in [1.807, 2.05) is 12.1 Å². The van der Waals surface area contributed by atoms with Crippen LogP contribution in [0.1, 0.15) is 0 Å². The molecule has 0 aromatic carbocycles. The summed E-state index contributed by atoms with van der Waals surface area (Å²) in [4.78, 5) is 4.16. The van der Waals surface area contributed by atoms with Crippen molar-refractivity contribution in [1.82, 2.24) is 14.8 Å². The molecule has 7 heteroatoms. The molecule has 0 saturated heterocycles. The van der Waals surface area contributed by atoms with Crippen LogP contribution in [0.3, 0.4) is 0 Å². The van der Waals surface area contributed by atoms with Gasteiger partial charge in [-0.2, -0.15) is 5.10 Å². The van der Waals surface area contributed by atoms with E-state index in [9.17, 15) is 0 Å². The molecule has 0 spiro atoms. The number of aromatic nitrogens is 3. The minimum Gasteiger partial charge on any atom is -0.384 e. The first-order valence-corrected chi connectivity index (χ1v) is 4.46. The lowest BCUT2D eigenvalue weighted by atomic mass is 10.2. The monoisotopic (exact) mass is 280 g/mol. The van der Waals surface area contributed by atoms with E-state index >= 15 is 0 Å². The standard InChI is InChI=1S/C9H9ClN4.2ClH/c1-14-9(10)6(5-12-14)7-3-2-4-8(11)13-7;;/h2-5H,1H3,(H2,11,13);2*1H. The van der Waals surface area contributed by atoms with Crippen molar-refractivity contribution in [2.24, 2.45) is 7.05 Å². The van der Waals surface area contributed by atoms with Crippen LogP contribution < -0.4 is 5.73 Å². The SMILES string of the molecule is Cl.Cl.Cn1ncc(-c2cccc(N)n2)c1Cl. The highest BCUT2D eigenvalue weighted by Crippen LogP contribution is 2.25. The number of hydrogen-bond donors (Lipinski definition) is 1. The second kappa shape index (κ2) is 5.94. The van der Waals surface area contributed by atoms with E-state index < -0.39 is 0 Å². The van der Waals surface area contributed by atoms with Gasteiger partial charge in [-0.1, -0.05) is 17.7 Å². The van der Waals surface area contributed by atoms with Gasteiger partial charge >= 0.3 is 0 Å². The third kappa shape index (κ3) is 2.78. The van der Waals surface area contributed by atoms with E-state index in [1.54, 1.807) is 24.0 Å². The van der Waals surface area contributed by atoms with Crippen LogP contribution >= 0.6 is 36.4 Å². The zero-order valence-corrected chi connectivity index (χ0v) is 10.8. The normalized spacial score (nSPS) is 9.12. The molecule has 16 heavy (non-hydrogen) atoms. The van der Waals surface area contributed by atoms with Crippen molar-refractivity contribution < 1.29 is 0 Å². The average molecular weight is 282 g/mol. The first-order chi connectivity index (χ1) is 6.68. The summed E-state index contributed by atoms with van der Waals surface area (Å²) in [5, 5.41) is 4.58. The molecule has 0 bridgehead atoms. The number of nitrogen functional groups attached to an aromatic ring is 1. The zero-order chi connectivity index (χ0) is 10.1. The predicted molar refractivity (Wildman–Crippen MR) is 70.4 cm³/mol. The average Bonchev–Trinajstić information content (AvgIpc) is 2.48. The highest BCUT2D eigenvalue weighted by molar-refractivity contribution is 6.32. The number of nitrogens with zero attached hydrogens (tertiary/aromatic N) is 3. The summed E-state index contributed by atoms with van der Waals surface area (Å²) in [7, 11) is 1.78. The summed E-state index contributed by atoms with van der Waals surface area (Å²) >= 11 is 6.02. The first-order valence-electron chi connectivity index (χ1n) is 4.09. The van der Waals surface area contributed by atoms with Crippen molar-refractivity contribution in [1.29, 1.82) is 0 Å². The van der Waals surface area contributed by atoms with Crippen molar-refractivity contribution in [3.63, 3.8) is 0 Å². The molecule has 88 valence electrons. The van der Waals surface area contributed by atoms with Gasteiger partial charge in [0.2, 0.25) is 0 Å². The molecule has 0 saturated carbocycles. The molecule has 2 rings (SSSR count). The fourth-order valence-corrected chi connectivity index (χ4v) is 1.39. The van der Waals surface area contributed by atoms with Gasteiger partial charge in [0.05, 0.1) is 17.5 Å². The van der Waals surface area contributed by atoms with E-state index in [2.05, 4.69) is 10.1 Å². The molecule has 2 aromatic heterocycles. The highest BCUT2D eigenvalue weighted by atomic mass is 35.5. The second-order valence-corrected chi connectivity index (χ2v) is 3.28. The van der Waals surface area contributed by atoms with Crippen LogP contribution in [0.25, 0.3) is 11.3 Å². The lowest BCUT2D eigenvalue weighted by Gasteiger charge is -1.99. The molecule has 2 heterocycles. The highest BCUT2D eigenvalue weighted by Gasteiger charge is 2.08. The summed E-state index contributed by atoms with van der Waals surface area (Å²) in [6, 6.07) is 5.41.